The van der Waals surface area contributed by atoms with Crippen LogP contribution in [0, 0.1) is 0 Å². The second-order valence-corrected chi connectivity index (χ2v) is 5.20. The normalized spacial score (nSPS) is 12.6. The number of rotatable bonds is 6. The summed E-state index contributed by atoms with van der Waals surface area (Å²) in [6.07, 6.45) is 2.44. The standard InChI is InChI=1S/C15H26N2.CH4/c1-6-9-15(17(4)5)14-11-8-7-10-13(14)12-16(2)3;/h7-8,10-11,15H,6,9,12H2,1-5H3;1H4/t15-;/m1./s1. The molecule has 0 amide bonds. The van der Waals surface area contributed by atoms with Crippen LogP contribution in [-0.2, 0) is 6.54 Å². The first-order chi connectivity index (χ1) is 8.06. The van der Waals surface area contributed by atoms with Gasteiger partial charge in [-0.3, -0.25) is 0 Å². The molecule has 2 nitrogen and oxygen atoms in total. The molecule has 0 heterocycles. The molecule has 0 N–H and O–H groups in total. The van der Waals surface area contributed by atoms with Crippen molar-refractivity contribution in [1.82, 2.24) is 9.80 Å². The van der Waals surface area contributed by atoms with Crippen LogP contribution in [0.5, 0.6) is 0 Å². The first-order valence-electron chi connectivity index (χ1n) is 6.45. The Bertz CT molecular complexity index is 332. The highest BCUT2D eigenvalue weighted by atomic mass is 15.1. The molecule has 2 heteroatoms. The lowest BCUT2D eigenvalue weighted by atomic mass is 9.96. The minimum atomic E-state index is 0. The van der Waals surface area contributed by atoms with E-state index in [0.29, 0.717) is 6.04 Å². The zero-order chi connectivity index (χ0) is 12.8. The smallest absolute Gasteiger partial charge is 0.0345 e. The van der Waals surface area contributed by atoms with Gasteiger partial charge in [0.2, 0.25) is 0 Å². The molecule has 0 saturated carbocycles. The summed E-state index contributed by atoms with van der Waals surface area (Å²) in [6, 6.07) is 9.36. The van der Waals surface area contributed by atoms with Crippen LogP contribution in [0.15, 0.2) is 24.3 Å². The Kier molecular flexibility index (Phi) is 7.88. The van der Waals surface area contributed by atoms with Gasteiger partial charge in [0, 0.05) is 12.6 Å². The van der Waals surface area contributed by atoms with Crippen LogP contribution in [0.3, 0.4) is 0 Å². The largest absolute Gasteiger partial charge is 0.305 e. The number of hydrogen-bond acceptors (Lipinski definition) is 2. The van der Waals surface area contributed by atoms with Crippen molar-refractivity contribution in [1.29, 1.82) is 0 Å². The third-order valence-electron chi connectivity index (χ3n) is 3.09. The van der Waals surface area contributed by atoms with Crippen molar-refractivity contribution >= 4 is 0 Å². The fourth-order valence-corrected chi connectivity index (χ4v) is 2.31. The van der Waals surface area contributed by atoms with Crippen molar-refractivity contribution < 1.29 is 0 Å². The van der Waals surface area contributed by atoms with Gasteiger partial charge in [0.25, 0.3) is 0 Å². The molecule has 0 unspecified atom stereocenters. The predicted molar refractivity (Wildman–Crippen MR) is 81.9 cm³/mol. The Morgan fingerprint density at radius 1 is 1.06 bits per heavy atom. The second-order valence-electron chi connectivity index (χ2n) is 5.20. The highest BCUT2D eigenvalue weighted by Gasteiger charge is 2.16. The molecule has 1 atom stereocenters. The van der Waals surface area contributed by atoms with E-state index in [1.165, 1.54) is 24.0 Å². The molecule has 0 fully saturated rings. The van der Waals surface area contributed by atoms with Crippen molar-refractivity contribution in [2.24, 2.45) is 0 Å². The van der Waals surface area contributed by atoms with Crippen LogP contribution >= 0.6 is 0 Å². The predicted octanol–water partition coefficient (Wildman–Crippen LogP) is 3.79. The quantitative estimate of drug-likeness (QED) is 0.758. The fraction of sp³-hybridized carbons (Fsp3) is 0.625. The lowest BCUT2D eigenvalue weighted by Gasteiger charge is -2.27. The summed E-state index contributed by atoms with van der Waals surface area (Å²) in [7, 11) is 8.60. The van der Waals surface area contributed by atoms with Gasteiger partial charge >= 0.3 is 0 Å². The lowest BCUT2D eigenvalue weighted by Crippen LogP contribution is -2.22. The van der Waals surface area contributed by atoms with Crippen LogP contribution in [0.25, 0.3) is 0 Å². The Balaban J connectivity index is 0.00000289. The van der Waals surface area contributed by atoms with Crippen molar-refractivity contribution in [2.75, 3.05) is 28.2 Å². The summed E-state index contributed by atoms with van der Waals surface area (Å²) < 4.78 is 0. The van der Waals surface area contributed by atoms with Gasteiger partial charge in [-0.2, -0.15) is 0 Å². The first-order valence-corrected chi connectivity index (χ1v) is 6.45. The number of benzene rings is 1. The van der Waals surface area contributed by atoms with E-state index in [4.69, 9.17) is 0 Å². The molecule has 104 valence electrons. The van der Waals surface area contributed by atoms with Crippen LogP contribution in [-0.4, -0.2) is 38.0 Å². The van der Waals surface area contributed by atoms with E-state index in [9.17, 15) is 0 Å². The highest BCUT2D eigenvalue weighted by molar-refractivity contribution is 5.30. The Hall–Kier alpha value is -0.860. The van der Waals surface area contributed by atoms with E-state index in [0.717, 1.165) is 6.54 Å². The Morgan fingerprint density at radius 3 is 2.17 bits per heavy atom. The van der Waals surface area contributed by atoms with E-state index in [1.54, 1.807) is 0 Å². The van der Waals surface area contributed by atoms with Crippen LogP contribution in [0.2, 0.25) is 0 Å². The van der Waals surface area contributed by atoms with Crippen LogP contribution < -0.4 is 0 Å². The van der Waals surface area contributed by atoms with Crippen LogP contribution in [0.1, 0.15) is 44.4 Å². The third-order valence-corrected chi connectivity index (χ3v) is 3.09. The molecule has 1 aromatic carbocycles. The number of nitrogens with zero attached hydrogens (tertiary/aromatic N) is 2. The van der Waals surface area contributed by atoms with E-state index in [2.05, 4.69) is 69.2 Å². The van der Waals surface area contributed by atoms with Crippen molar-refractivity contribution in [3.8, 4) is 0 Å². The zero-order valence-electron chi connectivity index (χ0n) is 11.9. The molecule has 1 rings (SSSR count). The summed E-state index contributed by atoms with van der Waals surface area (Å²) in [5.41, 5.74) is 2.93. The highest BCUT2D eigenvalue weighted by Crippen LogP contribution is 2.27. The minimum Gasteiger partial charge on any atom is -0.305 e. The molecule has 0 aliphatic heterocycles. The van der Waals surface area contributed by atoms with Crippen molar-refractivity contribution in [2.45, 2.75) is 39.8 Å². The van der Waals surface area contributed by atoms with Gasteiger partial charge in [-0.1, -0.05) is 45.0 Å². The molecule has 0 saturated heterocycles. The maximum Gasteiger partial charge on any atom is 0.0345 e. The molecule has 1 aromatic rings. The second kappa shape index (κ2) is 8.28. The van der Waals surface area contributed by atoms with Crippen molar-refractivity contribution in [3.05, 3.63) is 35.4 Å². The van der Waals surface area contributed by atoms with E-state index >= 15 is 0 Å². The Morgan fingerprint density at radius 2 is 1.67 bits per heavy atom. The molecule has 0 aliphatic carbocycles. The summed E-state index contributed by atoms with van der Waals surface area (Å²) in [5, 5.41) is 0. The molecule has 18 heavy (non-hydrogen) atoms. The van der Waals surface area contributed by atoms with Gasteiger partial charge in [-0.15, -0.1) is 0 Å². The molecule has 0 spiro atoms. The average molecular weight is 250 g/mol. The molecular weight excluding hydrogens is 220 g/mol. The van der Waals surface area contributed by atoms with E-state index in [1.807, 2.05) is 0 Å². The van der Waals surface area contributed by atoms with Gasteiger partial charge in [-0.05, 0) is 45.7 Å². The topological polar surface area (TPSA) is 6.48 Å². The summed E-state index contributed by atoms with van der Waals surface area (Å²) in [4.78, 5) is 4.56. The Labute approximate surface area is 114 Å². The van der Waals surface area contributed by atoms with Crippen molar-refractivity contribution in [3.63, 3.8) is 0 Å². The van der Waals surface area contributed by atoms with Gasteiger partial charge in [0.15, 0.2) is 0 Å². The molecule has 0 aromatic heterocycles. The summed E-state index contributed by atoms with van der Waals surface area (Å²) in [6.45, 7) is 3.27. The molecule has 0 radical (unpaired) electrons. The minimum absolute atomic E-state index is 0. The number of hydrogen-bond donors (Lipinski definition) is 0. The molecule has 0 bridgehead atoms. The maximum absolute atomic E-state index is 2.33. The summed E-state index contributed by atoms with van der Waals surface area (Å²) >= 11 is 0. The van der Waals surface area contributed by atoms with Gasteiger partial charge in [0.05, 0.1) is 0 Å². The van der Waals surface area contributed by atoms with E-state index in [-0.39, 0.29) is 7.43 Å². The maximum atomic E-state index is 2.33. The lowest BCUT2D eigenvalue weighted by molar-refractivity contribution is 0.278. The summed E-state index contributed by atoms with van der Waals surface area (Å²) in [5.74, 6) is 0. The zero-order valence-corrected chi connectivity index (χ0v) is 11.9. The van der Waals surface area contributed by atoms with E-state index < -0.39 is 0 Å². The monoisotopic (exact) mass is 250 g/mol. The molecule has 0 aliphatic rings. The first kappa shape index (κ1) is 17.1. The van der Waals surface area contributed by atoms with Gasteiger partial charge in [0.1, 0.15) is 0 Å². The van der Waals surface area contributed by atoms with Gasteiger partial charge in [-0.25, -0.2) is 0 Å². The fourth-order valence-electron chi connectivity index (χ4n) is 2.31. The molecular formula is C16H30N2. The van der Waals surface area contributed by atoms with Crippen LogP contribution in [0.4, 0.5) is 0 Å². The van der Waals surface area contributed by atoms with Gasteiger partial charge < -0.3 is 9.80 Å². The third kappa shape index (κ3) is 4.79. The SMILES string of the molecule is C.CCC[C@H](c1ccccc1CN(C)C)N(C)C. The average Bonchev–Trinajstić information content (AvgIpc) is 2.26.